The Bertz CT molecular complexity index is 443. The summed E-state index contributed by atoms with van der Waals surface area (Å²) in [5.41, 5.74) is 7.76. The number of hydrogen-bond donors (Lipinski definition) is 2. The summed E-state index contributed by atoms with van der Waals surface area (Å²) < 4.78 is 2.44. The third kappa shape index (κ3) is 1.62. The first-order valence-electron chi connectivity index (χ1n) is 7.92. The van der Waals surface area contributed by atoms with Crippen LogP contribution in [0.1, 0.15) is 19.8 Å². The molecule has 2 heterocycles. The highest BCUT2D eigenvalue weighted by Gasteiger charge is 2.80. The highest BCUT2D eigenvalue weighted by atomic mass is 127. The smallest absolute Gasteiger partial charge is 0.0438 e. The highest BCUT2D eigenvalue weighted by molar-refractivity contribution is 14.1. The first-order valence-corrected chi connectivity index (χ1v) is 8.89. The van der Waals surface area contributed by atoms with Gasteiger partial charge in [0.1, 0.15) is 0 Å². The maximum Gasteiger partial charge on any atom is 0.0438 e. The van der Waals surface area contributed by atoms with Crippen molar-refractivity contribution in [3.8, 4) is 0 Å². The molecule has 6 atom stereocenters. The summed E-state index contributed by atoms with van der Waals surface area (Å²) in [6.07, 6.45) is 9.55. The lowest BCUT2D eigenvalue weighted by atomic mass is 9.77. The predicted molar refractivity (Wildman–Crippen MR) is 90.1 cm³/mol. The van der Waals surface area contributed by atoms with E-state index in [-0.39, 0.29) is 0 Å². The minimum Gasteiger partial charge on any atom is -0.253 e. The molecule has 0 aromatic rings. The van der Waals surface area contributed by atoms with Gasteiger partial charge in [-0.25, -0.2) is 3.11 Å². The van der Waals surface area contributed by atoms with Crippen LogP contribution in [0.2, 0.25) is 0 Å². The van der Waals surface area contributed by atoms with Crippen molar-refractivity contribution in [2.75, 3.05) is 13.1 Å². The van der Waals surface area contributed by atoms with Crippen LogP contribution in [0.4, 0.5) is 0 Å². The number of allylic oxidation sites excluding steroid dienone is 2. The van der Waals surface area contributed by atoms with Gasteiger partial charge in [0, 0.05) is 59.4 Å². The molecule has 20 heavy (non-hydrogen) atoms. The average Bonchev–Trinajstić information content (AvgIpc) is 2.85. The van der Waals surface area contributed by atoms with E-state index in [0.29, 0.717) is 23.4 Å². The van der Waals surface area contributed by atoms with Crippen LogP contribution in [0.3, 0.4) is 0 Å². The molecule has 4 rings (SSSR count). The molecule has 2 saturated carbocycles. The standard InChI is InChI=1S/C16H24IN3/c1-3-5-12-11(4-2)15-14-13(12)16(14,19-18-15)10-6-8-20(17)9-7-10/h3-5,10-15,18-19H,2,6-9H2,1H3/b5-3-/t11?,12?,13-,14-,15-,16?/m1/s1. The second-order valence-electron chi connectivity index (χ2n) is 6.88. The minimum atomic E-state index is 0.395. The Balaban J connectivity index is 1.59. The summed E-state index contributed by atoms with van der Waals surface area (Å²) in [7, 11) is 0. The van der Waals surface area contributed by atoms with Gasteiger partial charge in [-0.15, -0.1) is 6.58 Å². The fourth-order valence-corrected chi connectivity index (χ4v) is 6.12. The summed E-state index contributed by atoms with van der Waals surface area (Å²) >= 11 is 2.47. The zero-order valence-electron chi connectivity index (χ0n) is 12.1. The number of hydrazine groups is 1. The monoisotopic (exact) mass is 385 g/mol. The van der Waals surface area contributed by atoms with E-state index in [9.17, 15) is 0 Å². The Morgan fingerprint density at radius 3 is 2.65 bits per heavy atom. The van der Waals surface area contributed by atoms with Gasteiger partial charge in [-0.1, -0.05) is 18.2 Å². The van der Waals surface area contributed by atoms with Crippen LogP contribution in [-0.4, -0.2) is 27.8 Å². The van der Waals surface area contributed by atoms with Gasteiger partial charge in [0.25, 0.3) is 0 Å². The van der Waals surface area contributed by atoms with Crippen molar-refractivity contribution in [3.63, 3.8) is 0 Å². The van der Waals surface area contributed by atoms with E-state index >= 15 is 0 Å². The molecular weight excluding hydrogens is 361 g/mol. The molecule has 2 aliphatic heterocycles. The zero-order valence-corrected chi connectivity index (χ0v) is 14.2. The average molecular weight is 385 g/mol. The van der Waals surface area contributed by atoms with Crippen LogP contribution in [0.15, 0.2) is 24.8 Å². The Kier molecular flexibility index (Phi) is 3.29. The maximum atomic E-state index is 4.08. The van der Waals surface area contributed by atoms with Crippen molar-refractivity contribution >= 4 is 22.9 Å². The number of piperidine rings is 1. The molecule has 3 nitrogen and oxygen atoms in total. The molecule has 4 heteroatoms. The molecule has 0 bridgehead atoms. The molecule has 110 valence electrons. The first kappa shape index (κ1) is 13.7. The number of rotatable bonds is 3. The van der Waals surface area contributed by atoms with Crippen LogP contribution in [0.25, 0.3) is 0 Å². The summed E-state index contributed by atoms with van der Waals surface area (Å²) in [4.78, 5) is 0. The number of nitrogens with one attached hydrogen (secondary N) is 2. The fourth-order valence-electron chi connectivity index (χ4n) is 5.57. The van der Waals surface area contributed by atoms with Gasteiger partial charge in [0.05, 0.1) is 0 Å². The second-order valence-corrected chi connectivity index (χ2v) is 8.24. The van der Waals surface area contributed by atoms with Crippen molar-refractivity contribution in [1.82, 2.24) is 14.0 Å². The van der Waals surface area contributed by atoms with Crippen molar-refractivity contribution in [2.24, 2.45) is 29.6 Å². The molecule has 2 N–H and O–H groups in total. The van der Waals surface area contributed by atoms with Crippen LogP contribution < -0.4 is 10.9 Å². The molecule has 4 aliphatic rings. The highest BCUT2D eigenvalue weighted by Crippen LogP contribution is 2.71. The maximum absolute atomic E-state index is 4.08. The summed E-state index contributed by atoms with van der Waals surface area (Å²) in [5.74, 6) is 3.80. The number of hydrogen-bond acceptors (Lipinski definition) is 3. The molecule has 0 amide bonds. The van der Waals surface area contributed by atoms with Crippen LogP contribution in [0.5, 0.6) is 0 Å². The Morgan fingerprint density at radius 1 is 1.25 bits per heavy atom. The lowest BCUT2D eigenvalue weighted by Gasteiger charge is -2.35. The third-order valence-corrected chi connectivity index (χ3v) is 7.26. The van der Waals surface area contributed by atoms with Gasteiger partial charge in [-0.3, -0.25) is 10.9 Å². The number of nitrogens with zero attached hydrogens (tertiary/aromatic N) is 1. The third-order valence-electron chi connectivity index (χ3n) is 6.30. The van der Waals surface area contributed by atoms with E-state index in [1.807, 2.05) is 0 Å². The summed E-state index contributed by atoms with van der Waals surface area (Å²) in [6, 6.07) is 0.608. The summed E-state index contributed by atoms with van der Waals surface area (Å²) in [5, 5.41) is 0. The molecule has 3 unspecified atom stereocenters. The van der Waals surface area contributed by atoms with E-state index < -0.39 is 0 Å². The lowest BCUT2D eigenvalue weighted by Crippen LogP contribution is -2.47. The first-order chi connectivity index (χ1) is 9.74. The van der Waals surface area contributed by atoms with Gasteiger partial charge >= 0.3 is 0 Å². The van der Waals surface area contributed by atoms with E-state index in [2.05, 4.69) is 68.6 Å². The van der Waals surface area contributed by atoms with Crippen molar-refractivity contribution in [2.45, 2.75) is 31.3 Å². The van der Waals surface area contributed by atoms with E-state index in [4.69, 9.17) is 0 Å². The molecular formula is C16H24IN3. The Labute approximate surface area is 135 Å². The SMILES string of the molecule is C=CC1C(/C=C\C)[C@@H]2[C@@H]3[C@@H]1NNC32C1CCN(I)CC1. The topological polar surface area (TPSA) is 27.3 Å². The second kappa shape index (κ2) is 4.80. The number of fused-ring (bicyclic) bond motifs is 1. The van der Waals surface area contributed by atoms with E-state index in [1.54, 1.807) is 0 Å². The molecule has 2 saturated heterocycles. The molecule has 0 aromatic heterocycles. The van der Waals surface area contributed by atoms with Crippen molar-refractivity contribution < 1.29 is 0 Å². The zero-order chi connectivity index (χ0) is 13.9. The van der Waals surface area contributed by atoms with E-state index in [1.165, 1.54) is 25.9 Å². The Hall–Kier alpha value is 0.0900. The largest absolute Gasteiger partial charge is 0.253 e. The normalized spacial score (nSPS) is 51.6. The van der Waals surface area contributed by atoms with E-state index in [0.717, 1.165) is 17.8 Å². The van der Waals surface area contributed by atoms with Crippen LogP contribution in [-0.2, 0) is 0 Å². The van der Waals surface area contributed by atoms with Crippen LogP contribution >= 0.6 is 22.9 Å². The fraction of sp³-hybridized carbons (Fsp3) is 0.750. The van der Waals surface area contributed by atoms with Gasteiger partial charge in [-0.2, -0.15) is 0 Å². The van der Waals surface area contributed by atoms with Crippen LogP contribution in [0, 0.1) is 29.6 Å². The van der Waals surface area contributed by atoms with Gasteiger partial charge in [0.2, 0.25) is 0 Å². The van der Waals surface area contributed by atoms with Gasteiger partial charge in [0.15, 0.2) is 0 Å². The minimum absolute atomic E-state index is 0.395. The molecule has 4 fully saturated rings. The quantitative estimate of drug-likeness (QED) is 0.444. The predicted octanol–water partition coefficient (Wildman–Crippen LogP) is 2.52. The number of halogens is 1. The molecule has 2 aliphatic carbocycles. The van der Waals surface area contributed by atoms with Gasteiger partial charge in [-0.05, 0) is 37.5 Å². The molecule has 0 aromatic carbocycles. The molecule has 0 spiro atoms. The van der Waals surface area contributed by atoms with Crippen molar-refractivity contribution in [1.29, 1.82) is 0 Å². The summed E-state index contributed by atoms with van der Waals surface area (Å²) in [6.45, 7) is 8.73. The lowest BCUT2D eigenvalue weighted by molar-refractivity contribution is 0.205. The molecule has 0 radical (unpaired) electrons. The van der Waals surface area contributed by atoms with Gasteiger partial charge < -0.3 is 0 Å². The Morgan fingerprint density at radius 2 is 2.00 bits per heavy atom. The van der Waals surface area contributed by atoms with Crippen molar-refractivity contribution in [3.05, 3.63) is 24.8 Å².